The zero-order valence-corrected chi connectivity index (χ0v) is 59.8. The second-order valence-electron chi connectivity index (χ2n) is 25.6. The van der Waals surface area contributed by atoms with Gasteiger partial charge >= 0.3 is 18.0 Å². The van der Waals surface area contributed by atoms with Gasteiger partial charge in [-0.3, -0.25) is 24.0 Å². The summed E-state index contributed by atoms with van der Waals surface area (Å²) in [6.45, 7) is 14.6. The summed E-state index contributed by atoms with van der Waals surface area (Å²) in [6.07, 6.45) is -10.2. The standard InChI is InChI=1S/C70H100N8O26/c1-8-70(92)48-35-52-57-44(36-78(52)65(87)47(48)39-101-68(70)90)34-45-46(53(79)15-14-49(45)74-57)37-77(41(4)5)69(91)102-38-43-12-13-50(54(33-43)103-67-60(83)58(81)59(82)61(104-67)66(88)89)75-62(84)42(6)72-64(86)56(40(2)3)76-63(85)51(11-9-10-17-71)73-55(80)16-18-94-21-22-96-25-26-98-29-30-100-32-31-99-28-27-97-24-23-95-20-19-93-7/h12-15,33-35,40-42,51,56,58-61,67,79,81-83,92H,8-11,16-32,36-39,71H2,1-7H3,(H,72,86)(H,73,80)(H,75,84)(H,76,85)(H,88,89)/t42-,51-,56-,58-,59-,60+,61-,67+,70-/m0/s1. The Morgan fingerprint density at radius 2 is 1.37 bits per heavy atom. The number of pyridine rings is 2. The van der Waals surface area contributed by atoms with Crippen molar-refractivity contribution in [2.45, 2.75) is 160 Å². The van der Waals surface area contributed by atoms with Crippen LogP contribution in [0.5, 0.6) is 11.5 Å². The van der Waals surface area contributed by atoms with E-state index >= 15 is 0 Å². The van der Waals surface area contributed by atoms with Crippen LogP contribution in [0.1, 0.15) is 101 Å². The lowest BCUT2D eigenvalue weighted by molar-refractivity contribution is -0.271. The summed E-state index contributed by atoms with van der Waals surface area (Å²) in [4.78, 5) is 114. The number of aliphatic hydroxyl groups is 4. The van der Waals surface area contributed by atoms with Crippen molar-refractivity contribution in [2.75, 3.05) is 118 Å². The normalized spacial score (nSPS) is 19.1. The Bertz CT molecular complexity index is 3600. The number of benzene rings is 2. The molecule has 0 aliphatic carbocycles. The zero-order valence-electron chi connectivity index (χ0n) is 59.8. The molecule has 34 heteroatoms. The maximum atomic E-state index is 14.2. The minimum absolute atomic E-state index is 0.0197. The third kappa shape index (κ3) is 22.7. The fourth-order valence-electron chi connectivity index (χ4n) is 11.4. The predicted octanol–water partition coefficient (Wildman–Crippen LogP) is 0.954. The molecule has 3 aliphatic rings. The monoisotopic (exact) mass is 1470 g/mol. The highest BCUT2D eigenvalue weighted by Crippen LogP contribution is 2.40. The first kappa shape index (κ1) is 83.2. The summed E-state index contributed by atoms with van der Waals surface area (Å²) in [5.41, 5.74) is 5.57. The van der Waals surface area contributed by atoms with Crippen molar-refractivity contribution in [1.82, 2.24) is 30.4 Å². The number of nitrogens with two attached hydrogens (primary N) is 1. The van der Waals surface area contributed by atoms with Crippen LogP contribution in [-0.4, -0.2) is 254 Å². The average molecular weight is 1470 g/mol. The van der Waals surface area contributed by atoms with E-state index in [4.69, 9.17) is 67.6 Å². The number of ether oxygens (including phenoxy) is 12. The molecule has 1 saturated heterocycles. The molecule has 0 radical (unpaired) electrons. The number of hydrogen-bond donors (Lipinski definition) is 11. The molecule has 0 spiro atoms. The number of carboxylic acids is 1. The number of anilines is 1. The minimum atomic E-state index is -2.09. The molecule has 2 aromatic heterocycles. The van der Waals surface area contributed by atoms with Crippen molar-refractivity contribution < 1.29 is 121 Å². The number of carbonyl (C=O) groups is 7. The average Bonchev–Trinajstić information content (AvgIpc) is 1.52. The van der Waals surface area contributed by atoms with E-state index in [0.29, 0.717) is 127 Å². The van der Waals surface area contributed by atoms with Gasteiger partial charge in [-0.15, -0.1) is 0 Å². The van der Waals surface area contributed by atoms with Gasteiger partial charge in [-0.25, -0.2) is 19.4 Å². The van der Waals surface area contributed by atoms with Crippen LogP contribution in [-0.2, 0) is 113 Å². The third-order valence-electron chi connectivity index (χ3n) is 17.4. The van der Waals surface area contributed by atoms with Gasteiger partial charge in [0.25, 0.3) is 5.56 Å². The third-order valence-corrected chi connectivity index (χ3v) is 17.4. The van der Waals surface area contributed by atoms with E-state index in [1.165, 1.54) is 40.7 Å². The van der Waals surface area contributed by atoms with Gasteiger partial charge in [-0.2, -0.15) is 0 Å². The number of esters is 1. The van der Waals surface area contributed by atoms with Crippen LogP contribution in [0.25, 0.3) is 22.3 Å². The van der Waals surface area contributed by atoms with Gasteiger partial charge in [0.15, 0.2) is 11.7 Å². The number of nitrogens with zero attached hydrogens (tertiary/aromatic N) is 3. The molecule has 9 atom stereocenters. The molecule has 0 unspecified atom stereocenters. The van der Waals surface area contributed by atoms with Gasteiger partial charge in [-0.05, 0) is 101 Å². The summed E-state index contributed by atoms with van der Waals surface area (Å²) in [5.74, 6) is -6.45. The van der Waals surface area contributed by atoms with Crippen LogP contribution in [0.2, 0.25) is 0 Å². The lowest BCUT2D eigenvalue weighted by Crippen LogP contribution is -2.61. The highest BCUT2D eigenvalue weighted by atomic mass is 16.7. The van der Waals surface area contributed by atoms with E-state index in [1.807, 2.05) is 0 Å². The van der Waals surface area contributed by atoms with E-state index in [9.17, 15) is 69.0 Å². The Balaban J connectivity index is 0.923. The molecule has 5 amide bonds. The van der Waals surface area contributed by atoms with Gasteiger partial charge in [0, 0.05) is 41.6 Å². The number of nitrogens with one attached hydrogen (secondary N) is 4. The number of rotatable bonds is 45. The Kier molecular flexibility index (Phi) is 32.8. The van der Waals surface area contributed by atoms with Gasteiger partial charge in [0.05, 0.1) is 140 Å². The molecule has 0 saturated carbocycles. The first-order valence-corrected chi connectivity index (χ1v) is 34.7. The van der Waals surface area contributed by atoms with Crippen LogP contribution in [0.3, 0.4) is 0 Å². The van der Waals surface area contributed by atoms with Gasteiger partial charge in [0.1, 0.15) is 61.2 Å². The molecular weight excluding hydrogens is 1370 g/mol. The maximum absolute atomic E-state index is 14.2. The number of unbranched alkanes of at least 4 members (excludes halogenated alkanes) is 1. The van der Waals surface area contributed by atoms with Crippen molar-refractivity contribution in [1.29, 1.82) is 0 Å². The second-order valence-corrected chi connectivity index (χ2v) is 25.6. The molecule has 0 bridgehead atoms. The van der Waals surface area contributed by atoms with Crippen LogP contribution in [0.4, 0.5) is 10.5 Å². The molecule has 4 aromatic rings. The maximum Gasteiger partial charge on any atom is 0.410 e. The minimum Gasteiger partial charge on any atom is -0.508 e. The van der Waals surface area contributed by atoms with Crippen LogP contribution in [0, 0.1) is 5.92 Å². The SMILES string of the molecule is CC[C@@]1(O)C(=O)OCc2c1cc1n(c2=O)Cc2cc3c(CN(C(=O)OCc4ccc(NC(=O)[C@H](C)NC(=O)[C@@H](NC(=O)[C@H](CCCCN)NC(=O)CCOCCOCCOCCOCCOCCOCCOCCOC)C(C)C)c(O[C@@H]5O[C@H](C(=O)O)[C@@H](O)[C@H](O)[C@H]5O)c4)C(C)C)c(O)ccc3nc2-1. The lowest BCUT2D eigenvalue weighted by Gasteiger charge is -2.38. The molecule has 7 rings (SSSR count). The molecule has 34 nitrogen and oxygen atoms in total. The smallest absolute Gasteiger partial charge is 0.410 e. The number of phenolic OH excluding ortho intramolecular Hbond substituents is 1. The molecule has 576 valence electrons. The van der Waals surface area contributed by atoms with E-state index in [0.717, 1.165) is 0 Å². The largest absolute Gasteiger partial charge is 0.508 e. The highest BCUT2D eigenvalue weighted by molar-refractivity contribution is 5.99. The van der Waals surface area contributed by atoms with Crippen molar-refractivity contribution in [3.63, 3.8) is 0 Å². The Morgan fingerprint density at radius 3 is 1.94 bits per heavy atom. The summed E-state index contributed by atoms with van der Waals surface area (Å²) < 4.78 is 67.1. The first-order valence-electron chi connectivity index (χ1n) is 34.7. The first-order chi connectivity index (χ1) is 49.8. The number of hydrogen-bond acceptors (Lipinski definition) is 27. The number of cyclic esters (lactones) is 1. The molecular formula is C70H100N8O26. The summed E-state index contributed by atoms with van der Waals surface area (Å²) in [6, 6.07) is 6.06. The summed E-state index contributed by atoms with van der Waals surface area (Å²) >= 11 is 0. The molecule has 1 fully saturated rings. The summed E-state index contributed by atoms with van der Waals surface area (Å²) in [5, 5.41) is 75.8. The fraction of sp³-hybridized carbons (Fsp3) is 0.614. The highest BCUT2D eigenvalue weighted by Gasteiger charge is 2.49. The Hall–Kier alpha value is -8.07. The number of carboxylic acid groups (broad SMARTS) is 1. The zero-order chi connectivity index (χ0) is 75.6. The number of amides is 5. The molecule has 104 heavy (non-hydrogen) atoms. The fourth-order valence-corrected chi connectivity index (χ4v) is 11.4. The van der Waals surface area contributed by atoms with E-state index in [-0.39, 0.29) is 98.2 Å². The number of fused-ring (bicyclic) bond motifs is 5. The van der Waals surface area contributed by atoms with Crippen LogP contribution >= 0.6 is 0 Å². The molecule has 12 N–H and O–H groups in total. The van der Waals surface area contributed by atoms with Crippen LogP contribution < -0.4 is 37.3 Å². The van der Waals surface area contributed by atoms with Crippen LogP contribution in [0.15, 0.2) is 47.3 Å². The molecule has 3 aliphatic heterocycles. The van der Waals surface area contributed by atoms with E-state index in [1.54, 1.807) is 59.9 Å². The number of phenols is 1. The predicted molar refractivity (Wildman–Crippen MR) is 369 cm³/mol. The Morgan fingerprint density at radius 1 is 0.750 bits per heavy atom. The van der Waals surface area contributed by atoms with Gasteiger partial charge in [0.2, 0.25) is 29.9 Å². The number of aliphatic hydroxyl groups excluding tert-OH is 3. The topological polar surface area (TPSA) is 464 Å². The number of methoxy groups -OCH3 is 1. The number of aromatic hydroxyl groups is 1. The quantitative estimate of drug-likeness (QED) is 0.0191. The lowest BCUT2D eigenvalue weighted by atomic mass is 9.86. The van der Waals surface area contributed by atoms with Crippen molar-refractivity contribution in [3.05, 3.63) is 80.6 Å². The van der Waals surface area contributed by atoms with Crippen molar-refractivity contribution in [2.24, 2.45) is 11.7 Å². The number of aromatic nitrogens is 2. The second kappa shape index (κ2) is 41.0. The van der Waals surface area contributed by atoms with Gasteiger partial charge in [-0.1, -0.05) is 26.8 Å². The van der Waals surface area contributed by atoms with E-state index in [2.05, 4.69) is 21.3 Å². The number of aliphatic carboxylic acids is 1. The summed E-state index contributed by atoms with van der Waals surface area (Å²) in [7, 11) is 1.61. The van der Waals surface area contributed by atoms with Gasteiger partial charge < -0.3 is 124 Å². The number of carbonyl (C=O) groups excluding carboxylic acids is 6. The molecule has 2 aromatic carbocycles. The van der Waals surface area contributed by atoms with Crippen molar-refractivity contribution >= 4 is 58.3 Å². The van der Waals surface area contributed by atoms with Crippen molar-refractivity contribution in [3.8, 4) is 22.9 Å². The van der Waals surface area contributed by atoms with E-state index < -0.39 is 120 Å². The molecule has 5 heterocycles. The Labute approximate surface area is 601 Å².